The molecule has 8 heavy (non-hydrogen) atoms. The molecule has 5 N–H and O–H groups in total. The van der Waals surface area contributed by atoms with Crippen molar-refractivity contribution in [3.05, 3.63) is 0 Å². The fourth-order valence-corrected chi connectivity index (χ4v) is 0. The minimum Gasteiger partial charge on any atom is -1.00 e. The van der Waals surface area contributed by atoms with Crippen molar-refractivity contribution in [1.82, 2.24) is 0 Å². The Kier molecular flexibility index (Phi) is 76.6. The van der Waals surface area contributed by atoms with E-state index >= 15 is 0 Å². The molecule has 0 atom stereocenters. The minimum atomic E-state index is -1.83. The Bertz CT molecular complexity index is 43.5. The van der Waals surface area contributed by atoms with Crippen LogP contribution in [0.5, 0.6) is 0 Å². The Morgan fingerprint density at radius 3 is 1.38 bits per heavy atom. The Morgan fingerprint density at radius 2 is 1.38 bits per heavy atom. The van der Waals surface area contributed by atoms with Crippen LogP contribution >= 0.6 is 12.4 Å². The molecule has 0 saturated heterocycles. The maximum atomic E-state index is 8.56. The zero-order chi connectivity index (χ0) is 5.58. The average Bonchev–Trinajstić information content (AvgIpc) is 1.41. The van der Waals surface area contributed by atoms with Gasteiger partial charge in [0.25, 0.3) is 0 Å². The summed E-state index contributed by atoms with van der Waals surface area (Å²) in [6.45, 7) is 0. The predicted molar refractivity (Wildman–Crippen MR) is 25.0 cm³/mol. The third kappa shape index (κ3) is 845. The molecule has 0 aromatic heterocycles. The molecule has 0 aliphatic carbocycles. The van der Waals surface area contributed by atoms with Gasteiger partial charge in [0.1, 0.15) is 0 Å². The van der Waals surface area contributed by atoms with Crippen molar-refractivity contribution in [2.75, 3.05) is 0 Å². The minimum absolute atomic E-state index is 0. The molecule has 0 heterocycles. The number of carbonyl (C=O) groups is 1. The Hall–Kier alpha value is 0.480. The van der Waals surface area contributed by atoms with Crippen molar-refractivity contribution >= 4 is 18.6 Å². The summed E-state index contributed by atoms with van der Waals surface area (Å²) in [4.78, 5) is 8.56. The molecular weight excluding hydrogens is 148 g/mol. The molecule has 0 saturated carbocycles. The van der Waals surface area contributed by atoms with Crippen LogP contribution in [0, 0.1) is 0 Å². The smallest absolute Gasteiger partial charge is 1.00 e. The summed E-state index contributed by atoms with van der Waals surface area (Å²) in [6.07, 6.45) is -1.83. The van der Waals surface area contributed by atoms with Crippen molar-refractivity contribution in [3.8, 4) is 0 Å². The van der Waals surface area contributed by atoms with E-state index in [2.05, 4.69) is 5.90 Å². The van der Waals surface area contributed by atoms with E-state index in [4.69, 9.17) is 20.2 Å². The van der Waals surface area contributed by atoms with Crippen molar-refractivity contribution in [3.63, 3.8) is 0 Å². The Balaban J connectivity index is -0.00000000990. The molecule has 0 rings (SSSR count). The van der Waals surface area contributed by atoms with E-state index in [0.717, 1.165) is 0 Å². The maximum Gasteiger partial charge on any atom is 1.00 e. The van der Waals surface area contributed by atoms with E-state index in [-0.39, 0.29) is 43.4 Å². The number of hydrogen-bond acceptors (Lipinski definition) is 3. The van der Waals surface area contributed by atoms with Gasteiger partial charge >= 0.3 is 35.7 Å². The molecule has 48 valence electrons. The number of hydrogen-bond donors (Lipinski definition) is 4. The standard InChI is InChI=1S/CH2O3.ClH.H3NO.Na.H/c2-1(3)4;;1-2;;/h(H2,2,3,4);1H;2H,1H2;;/q;;;+1;-1. The Labute approximate surface area is 75.6 Å². The maximum absolute atomic E-state index is 8.56. The van der Waals surface area contributed by atoms with Crippen LogP contribution in [0.25, 0.3) is 0 Å². The van der Waals surface area contributed by atoms with Gasteiger partial charge in [-0.05, 0) is 0 Å². The van der Waals surface area contributed by atoms with Gasteiger partial charge in [-0.3, -0.25) is 0 Å². The second kappa shape index (κ2) is 25.9. The molecule has 0 amide bonds. The Morgan fingerprint density at radius 1 is 1.38 bits per heavy atom. The molecule has 5 nitrogen and oxygen atoms in total. The first-order valence-corrected chi connectivity index (χ1v) is 0.910. The van der Waals surface area contributed by atoms with Crippen molar-refractivity contribution < 1.29 is 51.2 Å². The first-order valence-electron chi connectivity index (χ1n) is 0.910. The predicted octanol–water partition coefficient (Wildman–Crippen LogP) is -2.90. The first kappa shape index (κ1) is 23.6. The molecule has 0 unspecified atom stereocenters. The van der Waals surface area contributed by atoms with Gasteiger partial charge in [0.05, 0.1) is 0 Å². The van der Waals surface area contributed by atoms with Crippen LogP contribution in [0.4, 0.5) is 4.79 Å². The summed E-state index contributed by atoms with van der Waals surface area (Å²) < 4.78 is 0. The van der Waals surface area contributed by atoms with Gasteiger partial charge in [0.15, 0.2) is 0 Å². The first-order chi connectivity index (χ1) is 2.73. The summed E-state index contributed by atoms with van der Waals surface area (Å²) in [5, 5.41) is 20.4. The van der Waals surface area contributed by atoms with Gasteiger partial charge in [0.2, 0.25) is 0 Å². The van der Waals surface area contributed by atoms with Gasteiger partial charge in [-0.2, -0.15) is 0 Å². The van der Waals surface area contributed by atoms with Crippen LogP contribution in [0.15, 0.2) is 0 Å². The number of carboxylic acid groups (broad SMARTS) is 2. The van der Waals surface area contributed by atoms with E-state index < -0.39 is 6.16 Å². The summed E-state index contributed by atoms with van der Waals surface area (Å²) in [6, 6.07) is 0. The molecular formula is CH7ClNNaO4. The molecule has 0 aliphatic heterocycles. The van der Waals surface area contributed by atoms with E-state index in [1.54, 1.807) is 0 Å². The van der Waals surface area contributed by atoms with E-state index in [1.165, 1.54) is 0 Å². The third-order valence-corrected chi connectivity index (χ3v) is 0. The second-order valence-corrected chi connectivity index (χ2v) is 0.283. The van der Waals surface area contributed by atoms with E-state index in [1.807, 2.05) is 0 Å². The monoisotopic (exact) mass is 155 g/mol. The van der Waals surface area contributed by atoms with Gasteiger partial charge in [-0.25, -0.2) is 10.7 Å². The summed E-state index contributed by atoms with van der Waals surface area (Å²) in [7, 11) is 0. The zero-order valence-corrected chi connectivity index (χ0v) is 7.05. The van der Waals surface area contributed by atoms with Crippen molar-refractivity contribution in [1.29, 1.82) is 0 Å². The van der Waals surface area contributed by atoms with Crippen LogP contribution in [-0.4, -0.2) is 21.6 Å². The number of rotatable bonds is 0. The van der Waals surface area contributed by atoms with Crippen LogP contribution < -0.4 is 35.5 Å². The normalized spacial score (nSPS) is 3.75. The average molecular weight is 156 g/mol. The van der Waals surface area contributed by atoms with Gasteiger partial charge in [-0.1, -0.05) is 0 Å². The molecule has 0 bridgehead atoms. The molecule has 0 radical (unpaired) electrons. The number of nitrogens with two attached hydrogens (primary N) is 1. The molecule has 0 fully saturated rings. The molecule has 7 heteroatoms. The molecule has 0 aromatic rings. The fraction of sp³-hybridized carbons (Fsp3) is 0. The van der Waals surface area contributed by atoms with E-state index in [0.29, 0.717) is 0 Å². The number of halogens is 1. The summed E-state index contributed by atoms with van der Waals surface area (Å²) in [5.74, 6) is 3.50. The summed E-state index contributed by atoms with van der Waals surface area (Å²) >= 11 is 0. The molecule has 0 aromatic carbocycles. The largest absolute Gasteiger partial charge is 1.00 e. The third-order valence-electron chi connectivity index (χ3n) is 0. The topological polar surface area (TPSA) is 104 Å². The van der Waals surface area contributed by atoms with Gasteiger partial charge in [-0.15, -0.1) is 12.4 Å². The fourth-order valence-electron chi connectivity index (χ4n) is 0. The summed E-state index contributed by atoms with van der Waals surface area (Å²) in [5.41, 5.74) is 0. The van der Waals surface area contributed by atoms with Crippen LogP contribution in [-0.2, 0) is 0 Å². The van der Waals surface area contributed by atoms with Crippen molar-refractivity contribution in [2.24, 2.45) is 5.90 Å². The quantitative estimate of drug-likeness (QED) is 0.222. The van der Waals surface area contributed by atoms with Gasteiger partial charge in [0, 0.05) is 0 Å². The van der Waals surface area contributed by atoms with E-state index in [9.17, 15) is 0 Å². The zero-order valence-electron chi connectivity index (χ0n) is 5.24. The van der Waals surface area contributed by atoms with Crippen LogP contribution in [0.1, 0.15) is 1.43 Å². The SMILES string of the molecule is Cl.NO.O=C(O)O.[H-].[Na+]. The molecule has 0 aliphatic rings. The van der Waals surface area contributed by atoms with Crippen molar-refractivity contribution in [2.45, 2.75) is 0 Å². The second-order valence-electron chi connectivity index (χ2n) is 0.283. The van der Waals surface area contributed by atoms with Crippen LogP contribution in [0.2, 0.25) is 0 Å². The van der Waals surface area contributed by atoms with Gasteiger partial charge < -0.3 is 16.8 Å². The van der Waals surface area contributed by atoms with Crippen LogP contribution in [0.3, 0.4) is 0 Å². The molecule has 0 spiro atoms.